The Balaban J connectivity index is 2.55. The predicted molar refractivity (Wildman–Crippen MR) is 73.7 cm³/mol. The third kappa shape index (κ3) is 1.24. The molecule has 4 aromatic rings. The van der Waals surface area contributed by atoms with Gasteiger partial charge in [0, 0.05) is 17.8 Å². The van der Waals surface area contributed by atoms with Crippen molar-refractivity contribution >= 4 is 38.9 Å². The molecule has 4 rings (SSSR count). The number of benzene rings is 1. The summed E-state index contributed by atoms with van der Waals surface area (Å²) in [7, 11) is 0. The standard InChI is InChI=1S/C14H8ClN3O/c15-9-4-3-8-5-6-16-13-11(8)14(9)18-7-1-2-10(18)12(13)17-19/h1-7,19H/b17-12-. The highest BCUT2D eigenvalue weighted by Crippen LogP contribution is 2.30. The Morgan fingerprint density at radius 2 is 2.11 bits per heavy atom. The molecule has 0 unspecified atom stereocenters. The van der Waals surface area contributed by atoms with Gasteiger partial charge in [0.2, 0.25) is 0 Å². The van der Waals surface area contributed by atoms with Crippen LogP contribution in [0.15, 0.2) is 47.9 Å². The fraction of sp³-hybridized carbons (Fsp3) is 0. The van der Waals surface area contributed by atoms with Gasteiger partial charge in [-0.3, -0.25) is 4.98 Å². The van der Waals surface area contributed by atoms with Crippen LogP contribution in [0.5, 0.6) is 0 Å². The lowest BCUT2D eigenvalue weighted by Crippen LogP contribution is -2.10. The van der Waals surface area contributed by atoms with Crippen LogP contribution in [-0.4, -0.2) is 14.6 Å². The molecule has 5 heteroatoms. The Kier molecular flexibility index (Phi) is 2.00. The van der Waals surface area contributed by atoms with Crippen LogP contribution < -0.4 is 5.36 Å². The Morgan fingerprint density at radius 1 is 1.21 bits per heavy atom. The van der Waals surface area contributed by atoms with Crippen molar-refractivity contribution in [2.75, 3.05) is 0 Å². The molecule has 0 bridgehead atoms. The number of hydrogen-bond donors (Lipinski definition) is 1. The molecule has 0 amide bonds. The third-order valence-corrected chi connectivity index (χ3v) is 3.72. The monoisotopic (exact) mass is 269 g/mol. The zero-order valence-corrected chi connectivity index (χ0v) is 10.5. The van der Waals surface area contributed by atoms with Crippen LogP contribution in [-0.2, 0) is 0 Å². The van der Waals surface area contributed by atoms with Gasteiger partial charge < -0.3 is 9.61 Å². The van der Waals surface area contributed by atoms with E-state index in [1.165, 1.54) is 0 Å². The average molecular weight is 270 g/mol. The first-order valence-corrected chi connectivity index (χ1v) is 6.17. The average Bonchev–Trinajstić information content (AvgIpc) is 2.90. The lowest BCUT2D eigenvalue weighted by atomic mass is 10.1. The predicted octanol–water partition coefficient (Wildman–Crippen LogP) is 3.02. The van der Waals surface area contributed by atoms with Crippen LogP contribution in [0.25, 0.3) is 27.3 Å². The highest BCUT2D eigenvalue weighted by Gasteiger charge is 2.13. The van der Waals surface area contributed by atoms with Crippen LogP contribution in [0.2, 0.25) is 5.02 Å². The highest BCUT2D eigenvalue weighted by atomic mass is 35.5. The third-order valence-electron chi connectivity index (χ3n) is 3.41. The summed E-state index contributed by atoms with van der Waals surface area (Å²) in [5, 5.41) is 15.7. The van der Waals surface area contributed by atoms with E-state index in [9.17, 15) is 5.21 Å². The summed E-state index contributed by atoms with van der Waals surface area (Å²) in [6, 6.07) is 9.50. The second-order valence-electron chi connectivity index (χ2n) is 4.37. The molecule has 0 saturated heterocycles. The molecule has 0 radical (unpaired) electrons. The van der Waals surface area contributed by atoms with Crippen LogP contribution in [0.3, 0.4) is 0 Å². The zero-order chi connectivity index (χ0) is 13.0. The topological polar surface area (TPSA) is 49.9 Å². The number of halogens is 1. The molecule has 0 aliphatic rings. The van der Waals surface area contributed by atoms with E-state index in [2.05, 4.69) is 10.1 Å². The van der Waals surface area contributed by atoms with Gasteiger partial charge in [-0.05, 0) is 29.7 Å². The SMILES string of the molecule is O/N=c1\c2nccc3ccc(Cl)c(c32)n2cccc12. The maximum Gasteiger partial charge on any atom is 0.152 e. The van der Waals surface area contributed by atoms with E-state index in [4.69, 9.17) is 11.6 Å². The quantitative estimate of drug-likeness (QED) is 0.394. The summed E-state index contributed by atoms with van der Waals surface area (Å²) in [6.07, 6.45) is 3.61. The first-order chi connectivity index (χ1) is 9.31. The largest absolute Gasteiger partial charge is 0.410 e. The second kappa shape index (κ2) is 3.59. The Bertz CT molecular complexity index is 990. The molecule has 4 nitrogen and oxygen atoms in total. The Morgan fingerprint density at radius 3 is 2.95 bits per heavy atom. The molecule has 19 heavy (non-hydrogen) atoms. The lowest BCUT2D eigenvalue weighted by molar-refractivity contribution is 0.303. The summed E-state index contributed by atoms with van der Waals surface area (Å²) in [5.74, 6) is 0. The maximum atomic E-state index is 9.30. The van der Waals surface area contributed by atoms with Crippen LogP contribution in [0.4, 0.5) is 0 Å². The van der Waals surface area contributed by atoms with E-state index >= 15 is 0 Å². The molecule has 0 aliphatic carbocycles. The van der Waals surface area contributed by atoms with Crippen molar-refractivity contribution < 1.29 is 5.21 Å². The minimum Gasteiger partial charge on any atom is -0.410 e. The molecule has 0 aliphatic heterocycles. The molecular formula is C14H8ClN3O. The van der Waals surface area contributed by atoms with Crippen LogP contribution >= 0.6 is 11.6 Å². The first kappa shape index (κ1) is 10.6. The molecule has 1 N–H and O–H groups in total. The zero-order valence-electron chi connectivity index (χ0n) is 9.71. The van der Waals surface area contributed by atoms with E-state index in [0.717, 1.165) is 21.8 Å². The summed E-state index contributed by atoms with van der Waals surface area (Å²) >= 11 is 6.33. The Hall–Kier alpha value is -2.33. The summed E-state index contributed by atoms with van der Waals surface area (Å²) in [4.78, 5) is 4.35. The number of rotatable bonds is 0. The van der Waals surface area contributed by atoms with Gasteiger partial charge in [0.1, 0.15) is 5.52 Å². The van der Waals surface area contributed by atoms with Gasteiger partial charge in [-0.1, -0.05) is 22.8 Å². The molecule has 3 aromatic heterocycles. The minimum absolute atomic E-state index is 0.463. The molecular weight excluding hydrogens is 262 g/mol. The van der Waals surface area contributed by atoms with Gasteiger partial charge in [0.15, 0.2) is 5.36 Å². The minimum atomic E-state index is 0.463. The van der Waals surface area contributed by atoms with Gasteiger partial charge in [-0.2, -0.15) is 0 Å². The first-order valence-electron chi connectivity index (χ1n) is 5.79. The van der Waals surface area contributed by atoms with Gasteiger partial charge in [0.25, 0.3) is 0 Å². The van der Waals surface area contributed by atoms with Gasteiger partial charge >= 0.3 is 0 Å². The van der Waals surface area contributed by atoms with Gasteiger partial charge in [0.05, 0.1) is 16.1 Å². The summed E-state index contributed by atoms with van der Waals surface area (Å²) in [5.41, 5.74) is 2.32. The van der Waals surface area contributed by atoms with E-state index in [1.807, 2.05) is 40.9 Å². The molecule has 0 saturated carbocycles. The van der Waals surface area contributed by atoms with Crippen molar-refractivity contribution in [1.29, 1.82) is 0 Å². The van der Waals surface area contributed by atoms with E-state index < -0.39 is 0 Å². The van der Waals surface area contributed by atoms with Crippen molar-refractivity contribution in [2.24, 2.45) is 5.16 Å². The number of nitrogens with zero attached hydrogens (tertiary/aromatic N) is 3. The smallest absolute Gasteiger partial charge is 0.152 e. The molecule has 1 aromatic carbocycles. The van der Waals surface area contributed by atoms with E-state index in [1.54, 1.807) is 6.20 Å². The van der Waals surface area contributed by atoms with Crippen molar-refractivity contribution in [3.8, 4) is 0 Å². The lowest BCUT2D eigenvalue weighted by Gasteiger charge is -2.09. The van der Waals surface area contributed by atoms with Crippen molar-refractivity contribution in [3.05, 3.63) is 53.1 Å². The number of fused-ring (bicyclic) bond motifs is 2. The molecule has 0 atom stereocenters. The van der Waals surface area contributed by atoms with Gasteiger partial charge in [-0.25, -0.2) is 0 Å². The number of aromatic nitrogens is 2. The van der Waals surface area contributed by atoms with Gasteiger partial charge in [-0.15, -0.1) is 0 Å². The van der Waals surface area contributed by atoms with E-state index in [0.29, 0.717) is 15.9 Å². The fourth-order valence-electron chi connectivity index (χ4n) is 2.63. The maximum absolute atomic E-state index is 9.30. The Labute approximate surface area is 112 Å². The highest BCUT2D eigenvalue weighted by molar-refractivity contribution is 6.36. The molecule has 0 fully saturated rings. The number of hydrogen-bond acceptors (Lipinski definition) is 3. The van der Waals surface area contributed by atoms with Crippen molar-refractivity contribution in [3.63, 3.8) is 0 Å². The molecule has 3 heterocycles. The summed E-state index contributed by atoms with van der Waals surface area (Å²) in [6.45, 7) is 0. The van der Waals surface area contributed by atoms with Crippen LogP contribution in [0, 0.1) is 0 Å². The molecule has 0 spiro atoms. The van der Waals surface area contributed by atoms with Crippen molar-refractivity contribution in [2.45, 2.75) is 0 Å². The second-order valence-corrected chi connectivity index (χ2v) is 4.77. The fourth-order valence-corrected chi connectivity index (χ4v) is 2.88. The van der Waals surface area contributed by atoms with E-state index in [-0.39, 0.29) is 0 Å². The molecule has 92 valence electrons. The number of pyridine rings is 2. The summed E-state index contributed by atoms with van der Waals surface area (Å²) < 4.78 is 1.92. The van der Waals surface area contributed by atoms with Crippen molar-refractivity contribution in [1.82, 2.24) is 9.38 Å². The van der Waals surface area contributed by atoms with Crippen LogP contribution in [0.1, 0.15) is 0 Å². The normalized spacial score (nSPS) is 13.0.